The van der Waals surface area contributed by atoms with Crippen LogP contribution in [0.3, 0.4) is 0 Å². The Morgan fingerprint density at radius 1 is 1.80 bits per heavy atom. The number of alkyl halides is 1. The molecule has 2 heteroatoms. The maximum atomic E-state index is 4.87. The van der Waals surface area contributed by atoms with Crippen LogP contribution in [0.25, 0.3) is 0 Å². The molecule has 0 aromatic rings. The molecule has 0 aliphatic carbocycles. The molecule has 1 aliphatic heterocycles. The molecule has 0 N–H and O–H groups in total. The van der Waals surface area contributed by atoms with E-state index in [4.69, 9.17) is 3.07 Å². The van der Waals surface area contributed by atoms with Crippen LogP contribution in [-0.4, -0.2) is 4.43 Å². The third-order valence-electron chi connectivity index (χ3n) is 0.363. The molecule has 0 aromatic carbocycles. The Kier molecular flexibility index (Phi) is 1.14. The average molecular weight is 183 g/mol. The van der Waals surface area contributed by atoms with E-state index in [1.54, 1.807) is 6.26 Å². The van der Waals surface area contributed by atoms with Gasteiger partial charge in [0.2, 0.25) is 0 Å². The predicted octanol–water partition coefficient (Wildman–Crippen LogP) is -2.47. The van der Waals surface area contributed by atoms with Crippen molar-refractivity contribution in [3.05, 3.63) is 12.3 Å². The summed E-state index contributed by atoms with van der Waals surface area (Å²) in [7, 11) is 0. The normalized spacial score (nSPS) is 20.8. The van der Waals surface area contributed by atoms with E-state index in [1.807, 2.05) is 0 Å². The van der Waals surface area contributed by atoms with Gasteiger partial charge >= 0.3 is 41.5 Å². The Hall–Kier alpha value is 0.270. The van der Waals surface area contributed by atoms with Crippen molar-refractivity contribution in [1.29, 1.82) is 0 Å². The van der Waals surface area contributed by atoms with Crippen molar-refractivity contribution in [3.63, 3.8) is 0 Å². The summed E-state index contributed by atoms with van der Waals surface area (Å²) in [5.74, 6) is 0. The second-order valence-corrected chi connectivity index (χ2v) is 2.74. The third kappa shape index (κ3) is 0.792. The van der Waals surface area contributed by atoms with Crippen molar-refractivity contribution in [2.24, 2.45) is 0 Å². The molecule has 0 fully saturated rings. The van der Waals surface area contributed by atoms with Gasteiger partial charge in [-0.2, -0.15) is 0 Å². The Morgan fingerprint density at radius 3 is 3.00 bits per heavy atom. The Balaban J connectivity index is 2.32. The van der Waals surface area contributed by atoms with E-state index < -0.39 is 0 Å². The molecule has 0 spiro atoms. The molecular weight excluding hydrogens is 179 g/mol. The van der Waals surface area contributed by atoms with Gasteiger partial charge in [-0.25, -0.2) is 0 Å². The number of rotatable bonds is 0. The fourth-order valence-electron chi connectivity index (χ4n) is 0.182. The van der Waals surface area contributed by atoms with Gasteiger partial charge in [0, 0.05) is 0 Å². The van der Waals surface area contributed by atoms with Crippen molar-refractivity contribution < 1.29 is 24.7 Å². The summed E-state index contributed by atoms with van der Waals surface area (Å²) < 4.78 is 6.08. The standard InChI is InChI=1S/C3H4IO/c1-2-4-5-3-1/h1,3H,2H2/q-1. The average Bonchev–Trinajstić information content (AvgIpc) is 1.76. The molecule has 0 saturated carbocycles. The summed E-state index contributed by atoms with van der Waals surface area (Å²) in [5, 5.41) is 0. The molecule has 1 rings (SSSR count). The van der Waals surface area contributed by atoms with Crippen molar-refractivity contribution in [1.82, 2.24) is 0 Å². The fourth-order valence-corrected chi connectivity index (χ4v) is 1.22. The zero-order valence-corrected chi connectivity index (χ0v) is 4.81. The van der Waals surface area contributed by atoms with Crippen LogP contribution < -0.4 is 21.6 Å². The van der Waals surface area contributed by atoms with Crippen LogP contribution in [0.4, 0.5) is 0 Å². The van der Waals surface area contributed by atoms with Crippen LogP contribution in [0.2, 0.25) is 0 Å². The van der Waals surface area contributed by atoms with Crippen molar-refractivity contribution in [2.75, 3.05) is 4.43 Å². The van der Waals surface area contributed by atoms with Gasteiger partial charge in [0.05, 0.1) is 0 Å². The van der Waals surface area contributed by atoms with Gasteiger partial charge in [0.15, 0.2) is 0 Å². The van der Waals surface area contributed by atoms with Gasteiger partial charge in [-0.1, -0.05) is 0 Å². The first-order chi connectivity index (χ1) is 2.50. The molecule has 0 aromatic heterocycles. The molecule has 0 bridgehead atoms. The molecule has 0 amide bonds. The minimum absolute atomic E-state index is 0.131. The first kappa shape index (κ1) is 3.46. The molecule has 30 valence electrons. The van der Waals surface area contributed by atoms with Crippen molar-refractivity contribution in [2.45, 2.75) is 0 Å². The first-order valence-corrected chi connectivity index (χ1v) is 3.81. The maximum absolute atomic E-state index is 4.87. The molecule has 1 nitrogen and oxygen atoms in total. The zero-order chi connectivity index (χ0) is 3.54. The summed E-state index contributed by atoms with van der Waals surface area (Å²) in [5.41, 5.74) is 0. The van der Waals surface area contributed by atoms with Crippen LogP contribution in [0.15, 0.2) is 12.3 Å². The van der Waals surface area contributed by atoms with Gasteiger partial charge in [-0.3, -0.25) is 0 Å². The van der Waals surface area contributed by atoms with Gasteiger partial charge in [-0.15, -0.1) is 0 Å². The number of hydrogen-bond acceptors (Lipinski definition) is 1. The molecule has 0 atom stereocenters. The van der Waals surface area contributed by atoms with E-state index in [1.165, 1.54) is 4.43 Å². The van der Waals surface area contributed by atoms with Gasteiger partial charge in [-0.05, 0) is 0 Å². The second kappa shape index (κ2) is 1.64. The summed E-state index contributed by atoms with van der Waals surface area (Å²) >= 11 is 0.131. The monoisotopic (exact) mass is 183 g/mol. The molecular formula is C3H4IO-. The Labute approximate surface area is 41.8 Å². The van der Waals surface area contributed by atoms with Gasteiger partial charge in [0.25, 0.3) is 0 Å². The van der Waals surface area contributed by atoms with Crippen LogP contribution in [0.1, 0.15) is 0 Å². The van der Waals surface area contributed by atoms with E-state index in [9.17, 15) is 0 Å². The van der Waals surface area contributed by atoms with E-state index in [0.29, 0.717) is 0 Å². The van der Waals surface area contributed by atoms with Crippen LogP contribution >= 0.6 is 0 Å². The Morgan fingerprint density at radius 2 is 2.80 bits per heavy atom. The van der Waals surface area contributed by atoms with E-state index in [0.717, 1.165) is 0 Å². The summed E-state index contributed by atoms with van der Waals surface area (Å²) in [6.45, 7) is 0. The summed E-state index contributed by atoms with van der Waals surface area (Å²) in [6.07, 6.45) is 3.85. The predicted molar refractivity (Wildman–Crippen MR) is 15.1 cm³/mol. The van der Waals surface area contributed by atoms with E-state index in [2.05, 4.69) is 6.08 Å². The van der Waals surface area contributed by atoms with Crippen LogP contribution in [0, 0.1) is 0 Å². The summed E-state index contributed by atoms with van der Waals surface area (Å²) in [6, 6.07) is 0. The number of allylic oxidation sites excluding steroid dienone is 1. The number of hydrogen-bond donors (Lipinski definition) is 0. The molecule has 0 radical (unpaired) electrons. The van der Waals surface area contributed by atoms with Crippen molar-refractivity contribution in [3.8, 4) is 0 Å². The van der Waals surface area contributed by atoms with Crippen molar-refractivity contribution >= 4 is 0 Å². The van der Waals surface area contributed by atoms with Gasteiger partial charge < -0.3 is 0 Å². The summed E-state index contributed by atoms with van der Waals surface area (Å²) in [4.78, 5) is 0. The van der Waals surface area contributed by atoms with Crippen LogP contribution in [-0.2, 0) is 3.07 Å². The quantitative estimate of drug-likeness (QED) is 0.299. The molecule has 5 heavy (non-hydrogen) atoms. The Bertz CT molecular complexity index is 44.9. The van der Waals surface area contributed by atoms with E-state index >= 15 is 0 Å². The molecule has 0 saturated heterocycles. The third-order valence-corrected chi connectivity index (χ3v) is 1.88. The molecule has 1 heterocycles. The minimum atomic E-state index is 0.131. The SMILES string of the molecule is C1=CO[I-]C1. The fraction of sp³-hybridized carbons (Fsp3) is 0.333. The van der Waals surface area contributed by atoms with Crippen LogP contribution in [0.5, 0.6) is 0 Å². The molecule has 1 aliphatic rings. The topological polar surface area (TPSA) is 9.23 Å². The zero-order valence-electron chi connectivity index (χ0n) is 2.65. The number of halogens is 1. The van der Waals surface area contributed by atoms with Gasteiger partial charge in [0.1, 0.15) is 0 Å². The first-order valence-electron chi connectivity index (χ1n) is 1.40. The van der Waals surface area contributed by atoms with E-state index in [-0.39, 0.29) is 21.6 Å². The second-order valence-electron chi connectivity index (χ2n) is 0.724. The molecule has 0 unspecified atom stereocenters.